The van der Waals surface area contributed by atoms with Crippen LogP contribution in [0.2, 0.25) is 0 Å². The van der Waals surface area contributed by atoms with Gasteiger partial charge in [-0.25, -0.2) is 13.1 Å². The van der Waals surface area contributed by atoms with Crippen molar-refractivity contribution in [3.05, 3.63) is 34.4 Å². The molecule has 9 nitrogen and oxygen atoms in total. The van der Waals surface area contributed by atoms with E-state index in [9.17, 15) is 23.3 Å². The lowest BCUT2D eigenvalue weighted by atomic mass is 9.75. The highest BCUT2D eigenvalue weighted by molar-refractivity contribution is 7.89. The lowest BCUT2D eigenvalue weighted by Crippen LogP contribution is -2.59. The Labute approximate surface area is 132 Å². The van der Waals surface area contributed by atoms with Crippen molar-refractivity contribution < 1.29 is 22.9 Å². The summed E-state index contributed by atoms with van der Waals surface area (Å²) in [5, 5.41) is 13.7. The summed E-state index contributed by atoms with van der Waals surface area (Å²) in [4.78, 5) is 21.4. The Hall–Kier alpha value is -2.04. The normalized spacial score (nSPS) is 22.6. The van der Waals surface area contributed by atoms with Gasteiger partial charge in [0.2, 0.25) is 10.0 Å². The molecule has 10 heteroatoms. The molecule has 2 aliphatic rings. The average molecular weight is 341 g/mol. The topological polar surface area (TPSA) is 128 Å². The van der Waals surface area contributed by atoms with Gasteiger partial charge in [0.15, 0.2) is 0 Å². The molecule has 23 heavy (non-hydrogen) atoms. The number of nitro benzene ring substituents is 1. The Morgan fingerprint density at radius 1 is 1.35 bits per heavy atom. The van der Waals surface area contributed by atoms with Gasteiger partial charge in [-0.15, -0.1) is 0 Å². The van der Waals surface area contributed by atoms with Gasteiger partial charge in [0.25, 0.3) is 5.69 Å². The molecule has 1 aromatic rings. The first-order valence-electron chi connectivity index (χ1n) is 6.97. The average Bonchev–Trinajstić information content (AvgIpc) is 2.82. The maximum atomic E-state index is 12.2. The fourth-order valence-corrected chi connectivity index (χ4v) is 3.83. The van der Waals surface area contributed by atoms with Crippen molar-refractivity contribution in [3.63, 3.8) is 0 Å². The number of carbonyl (C=O) groups is 1. The quantitative estimate of drug-likeness (QED) is 0.430. The Morgan fingerprint density at radius 2 is 2.00 bits per heavy atom. The Balaban J connectivity index is 1.69. The molecule has 2 fully saturated rings. The van der Waals surface area contributed by atoms with Crippen LogP contribution in [0.5, 0.6) is 0 Å². The van der Waals surface area contributed by atoms with Crippen LogP contribution in [-0.2, 0) is 19.6 Å². The van der Waals surface area contributed by atoms with Crippen LogP contribution in [0.25, 0.3) is 0 Å². The predicted molar refractivity (Wildman–Crippen MR) is 78.1 cm³/mol. The second-order valence-electron chi connectivity index (χ2n) is 5.72. The van der Waals surface area contributed by atoms with Crippen molar-refractivity contribution in [1.82, 2.24) is 10.0 Å². The number of nitrogens with zero attached hydrogens (tertiary/aromatic N) is 1. The second kappa shape index (κ2) is 5.55. The number of non-ortho nitro benzene ring substituents is 1. The van der Waals surface area contributed by atoms with E-state index in [1.54, 1.807) is 0 Å². The number of cyclic esters (lactones) is 1. The summed E-state index contributed by atoms with van der Waals surface area (Å²) < 4.78 is 32.1. The van der Waals surface area contributed by atoms with Crippen LogP contribution in [0.1, 0.15) is 6.42 Å². The zero-order chi connectivity index (χ0) is 16.7. The zero-order valence-electron chi connectivity index (χ0n) is 12.0. The largest absolute Gasteiger partial charge is 0.460 e. The third-order valence-electron chi connectivity index (χ3n) is 4.22. The van der Waals surface area contributed by atoms with Crippen molar-refractivity contribution in [1.29, 1.82) is 0 Å². The van der Waals surface area contributed by atoms with Gasteiger partial charge in [0.1, 0.15) is 6.10 Å². The minimum Gasteiger partial charge on any atom is -0.460 e. The van der Waals surface area contributed by atoms with Gasteiger partial charge in [0, 0.05) is 37.2 Å². The lowest BCUT2D eigenvalue weighted by molar-refractivity contribution is -0.384. The highest BCUT2D eigenvalue weighted by Crippen LogP contribution is 2.39. The highest BCUT2D eigenvalue weighted by Gasteiger charge is 2.53. The van der Waals surface area contributed by atoms with Crippen LogP contribution in [0.15, 0.2) is 29.2 Å². The zero-order valence-corrected chi connectivity index (χ0v) is 12.8. The van der Waals surface area contributed by atoms with E-state index in [1.807, 2.05) is 0 Å². The summed E-state index contributed by atoms with van der Waals surface area (Å²) in [7, 11) is -3.83. The minimum atomic E-state index is -3.83. The Kier molecular flexibility index (Phi) is 3.82. The molecule has 0 bridgehead atoms. The smallest absolute Gasteiger partial charge is 0.306 e. The van der Waals surface area contributed by atoms with Crippen LogP contribution in [0, 0.1) is 15.5 Å². The molecule has 0 aliphatic carbocycles. The molecule has 0 amide bonds. The molecular weight excluding hydrogens is 326 g/mol. The first kappa shape index (κ1) is 15.8. The molecule has 1 unspecified atom stereocenters. The van der Waals surface area contributed by atoms with E-state index in [-0.39, 0.29) is 34.9 Å². The summed E-state index contributed by atoms with van der Waals surface area (Å²) in [6.45, 7) is 1.21. The van der Waals surface area contributed by atoms with Crippen molar-refractivity contribution >= 4 is 21.7 Å². The fraction of sp³-hybridized carbons (Fsp3) is 0.462. The van der Waals surface area contributed by atoms with Crippen LogP contribution in [0.3, 0.4) is 0 Å². The monoisotopic (exact) mass is 341 g/mol. The number of esters is 1. The molecular formula is C13H15N3O6S. The van der Waals surface area contributed by atoms with Gasteiger partial charge >= 0.3 is 5.97 Å². The lowest BCUT2D eigenvalue weighted by Gasteiger charge is -2.41. The summed E-state index contributed by atoms with van der Waals surface area (Å²) in [5.74, 6) is -0.328. The van der Waals surface area contributed by atoms with Crippen LogP contribution in [0.4, 0.5) is 5.69 Å². The van der Waals surface area contributed by atoms with Gasteiger partial charge in [-0.3, -0.25) is 14.9 Å². The van der Waals surface area contributed by atoms with Gasteiger partial charge in [0.05, 0.1) is 16.2 Å². The van der Waals surface area contributed by atoms with Gasteiger partial charge in [-0.2, -0.15) is 0 Å². The first-order valence-corrected chi connectivity index (χ1v) is 8.45. The summed E-state index contributed by atoms with van der Waals surface area (Å²) >= 11 is 0. The summed E-state index contributed by atoms with van der Waals surface area (Å²) in [6, 6.07) is 4.59. The van der Waals surface area contributed by atoms with Crippen LogP contribution in [-0.4, -0.2) is 45.0 Å². The maximum absolute atomic E-state index is 12.2. The number of ether oxygens (including phenoxy) is 1. The Bertz CT molecular complexity index is 741. The number of nitrogens with one attached hydrogen (secondary N) is 2. The molecule has 2 N–H and O–H groups in total. The molecule has 2 saturated heterocycles. The standard InChI is InChI=1S/C13H15N3O6S/c17-12-5-13(7-14-8-13)11(22-12)6-15-23(20,21)10-3-1-9(2-4-10)16(18)19/h1-4,11,14-15H,5-8H2. The molecule has 1 aromatic carbocycles. The number of benzene rings is 1. The third kappa shape index (κ3) is 2.92. The van der Waals surface area contributed by atoms with Gasteiger partial charge in [-0.1, -0.05) is 0 Å². The SMILES string of the molecule is O=C1CC2(CNC2)C(CNS(=O)(=O)c2ccc([N+](=O)[O-])cc2)O1. The molecule has 0 radical (unpaired) electrons. The van der Waals surface area contributed by atoms with E-state index in [4.69, 9.17) is 4.74 Å². The molecule has 3 rings (SSSR count). The van der Waals surface area contributed by atoms with Crippen molar-refractivity contribution in [2.24, 2.45) is 5.41 Å². The number of sulfonamides is 1. The maximum Gasteiger partial charge on any atom is 0.306 e. The van der Waals surface area contributed by atoms with E-state index in [0.29, 0.717) is 13.1 Å². The summed E-state index contributed by atoms with van der Waals surface area (Å²) in [6.07, 6.45) is -0.228. The minimum absolute atomic E-state index is 0.0211. The Morgan fingerprint density at radius 3 is 2.52 bits per heavy atom. The number of carbonyl (C=O) groups excluding carboxylic acids is 1. The number of rotatable bonds is 5. The van der Waals surface area contributed by atoms with E-state index in [0.717, 1.165) is 12.1 Å². The molecule has 1 spiro atoms. The van der Waals surface area contributed by atoms with Crippen molar-refractivity contribution in [2.75, 3.05) is 19.6 Å². The fourth-order valence-electron chi connectivity index (χ4n) is 2.80. The summed E-state index contributed by atoms with van der Waals surface area (Å²) in [5.41, 5.74) is -0.525. The van der Waals surface area contributed by atoms with Gasteiger partial charge in [-0.05, 0) is 12.1 Å². The molecule has 0 aromatic heterocycles. The number of nitro groups is 1. The van der Waals surface area contributed by atoms with Crippen molar-refractivity contribution in [3.8, 4) is 0 Å². The third-order valence-corrected chi connectivity index (χ3v) is 5.66. The van der Waals surface area contributed by atoms with E-state index in [2.05, 4.69) is 10.0 Å². The predicted octanol–water partition coefficient (Wildman–Crippen LogP) is -0.222. The molecule has 124 valence electrons. The van der Waals surface area contributed by atoms with E-state index < -0.39 is 21.1 Å². The highest BCUT2D eigenvalue weighted by atomic mass is 32.2. The number of hydrogen-bond donors (Lipinski definition) is 2. The molecule has 2 heterocycles. The van der Waals surface area contributed by atoms with E-state index in [1.165, 1.54) is 12.1 Å². The van der Waals surface area contributed by atoms with Gasteiger partial charge < -0.3 is 10.1 Å². The van der Waals surface area contributed by atoms with Crippen LogP contribution < -0.4 is 10.0 Å². The van der Waals surface area contributed by atoms with Crippen molar-refractivity contribution in [2.45, 2.75) is 17.4 Å². The molecule has 1 atom stereocenters. The molecule has 0 saturated carbocycles. The van der Waals surface area contributed by atoms with Crippen LogP contribution >= 0.6 is 0 Å². The number of hydrogen-bond acceptors (Lipinski definition) is 7. The second-order valence-corrected chi connectivity index (χ2v) is 7.49. The van der Waals surface area contributed by atoms with E-state index >= 15 is 0 Å². The molecule has 2 aliphatic heterocycles. The first-order chi connectivity index (χ1) is 10.8.